The van der Waals surface area contributed by atoms with E-state index in [-0.39, 0.29) is 12.1 Å². The van der Waals surface area contributed by atoms with Crippen LogP contribution in [0.2, 0.25) is 5.02 Å². The molecule has 0 amide bonds. The summed E-state index contributed by atoms with van der Waals surface area (Å²) in [6.07, 6.45) is 1.56. The zero-order chi connectivity index (χ0) is 15.4. The number of ether oxygens (including phenoxy) is 1. The largest absolute Gasteiger partial charge is 0.489 e. The first kappa shape index (κ1) is 16.3. The number of aryl methyl sites for hydroxylation is 1. The van der Waals surface area contributed by atoms with Crippen molar-refractivity contribution >= 4 is 27.5 Å². The number of aromatic nitrogens is 2. The van der Waals surface area contributed by atoms with Crippen LogP contribution in [0, 0.1) is 0 Å². The molecule has 1 heterocycles. The Bertz CT molecular complexity index is 604. The molecule has 0 saturated carbocycles. The molecule has 0 spiro atoms. The molecule has 0 aliphatic heterocycles. The molecule has 2 aromatic rings. The van der Waals surface area contributed by atoms with E-state index >= 15 is 0 Å². The summed E-state index contributed by atoms with van der Waals surface area (Å²) >= 11 is 9.48. The third kappa shape index (κ3) is 3.77. The Morgan fingerprint density at radius 2 is 2.29 bits per heavy atom. The van der Waals surface area contributed by atoms with E-state index in [9.17, 15) is 0 Å². The van der Waals surface area contributed by atoms with E-state index in [0.717, 1.165) is 16.7 Å². The topological polar surface area (TPSA) is 65.1 Å². The van der Waals surface area contributed by atoms with Gasteiger partial charge in [0.25, 0.3) is 0 Å². The van der Waals surface area contributed by atoms with E-state index in [1.165, 1.54) is 0 Å². The first-order valence-electron chi connectivity index (χ1n) is 6.66. The number of nitrogens with zero attached hydrogens (tertiary/aromatic N) is 2. The third-order valence-electron chi connectivity index (χ3n) is 3.19. The molecular weight excluding hydrogens is 356 g/mol. The third-order valence-corrected chi connectivity index (χ3v) is 4.04. The van der Waals surface area contributed by atoms with E-state index in [1.54, 1.807) is 18.3 Å². The van der Waals surface area contributed by atoms with E-state index in [2.05, 4.69) is 26.5 Å². The first-order chi connectivity index (χ1) is 10.1. The Balaban J connectivity index is 2.22. The van der Waals surface area contributed by atoms with Crippen LogP contribution in [0.1, 0.15) is 25.6 Å². The molecule has 0 bridgehead atoms. The fraction of sp³-hybridized carbons (Fsp3) is 0.357. The highest BCUT2D eigenvalue weighted by Gasteiger charge is 2.25. The molecule has 0 aliphatic rings. The average molecular weight is 374 g/mol. The fourth-order valence-corrected chi connectivity index (χ4v) is 2.92. The van der Waals surface area contributed by atoms with Gasteiger partial charge in [-0.3, -0.25) is 10.5 Å². The molecule has 1 aromatic heterocycles. The monoisotopic (exact) mass is 372 g/mol. The second-order valence-corrected chi connectivity index (χ2v) is 5.91. The van der Waals surface area contributed by atoms with Gasteiger partial charge in [0, 0.05) is 11.6 Å². The van der Waals surface area contributed by atoms with Crippen LogP contribution in [0.15, 0.2) is 34.9 Å². The van der Waals surface area contributed by atoms with Gasteiger partial charge in [-0.1, -0.05) is 17.7 Å². The zero-order valence-electron chi connectivity index (χ0n) is 11.9. The smallest absolute Gasteiger partial charge is 0.121 e. The molecule has 0 saturated heterocycles. The molecule has 114 valence electrons. The molecule has 0 fully saturated rings. The van der Waals surface area contributed by atoms with Crippen molar-refractivity contribution in [2.45, 2.75) is 32.5 Å². The lowest BCUT2D eigenvalue weighted by atomic mass is 10.1. The predicted octanol–water partition coefficient (Wildman–Crippen LogP) is 3.29. The highest BCUT2D eigenvalue weighted by atomic mass is 79.9. The summed E-state index contributed by atoms with van der Waals surface area (Å²) in [5.41, 5.74) is 3.76. The second kappa shape index (κ2) is 7.26. The summed E-state index contributed by atoms with van der Waals surface area (Å²) < 4.78 is 8.72. The maximum absolute atomic E-state index is 5.97. The normalized spacial score (nSPS) is 14.0. The molecule has 0 radical (unpaired) electrons. The lowest BCUT2D eigenvalue weighted by molar-refractivity contribution is 0.165. The van der Waals surface area contributed by atoms with Gasteiger partial charge in [0.2, 0.25) is 0 Å². The van der Waals surface area contributed by atoms with E-state index in [1.807, 2.05) is 30.7 Å². The van der Waals surface area contributed by atoms with Crippen molar-refractivity contribution in [1.29, 1.82) is 0 Å². The van der Waals surface area contributed by atoms with E-state index < -0.39 is 0 Å². The molecule has 3 N–H and O–H groups in total. The average Bonchev–Trinajstić information content (AvgIpc) is 2.81. The molecule has 21 heavy (non-hydrogen) atoms. The molecule has 2 unspecified atom stereocenters. The Morgan fingerprint density at radius 1 is 1.52 bits per heavy atom. The van der Waals surface area contributed by atoms with Crippen LogP contribution in [-0.4, -0.2) is 15.9 Å². The Kier molecular flexibility index (Phi) is 5.64. The number of hydrogen-bond donors (Lipinski definition) is 2. The molecule has 2 rings (SSSR count). The summed E-state index contributed by atoms with van der Waals surface area (Å²) in [4.78, 5) is 0. The van der Waals surface area contributed by atoms with Crippen molar-refractivity contribution in [3.8, 4) is 5.75 Å². The number of hydrogen-bond acceptors (Lipinski definition) is 4. The van der Waals surface area contributed by atoms with Crippen molar-refractivity contribution in [2.75, 3.05) is 0 Å². The maximum atomic E-state index is 5.97. The van der Waals surface area contributed by atoms with E-state index in [0.29, 0.717) is 10.8 Å². The number of nitrogens with one attached hydrogen (secondary N) is 1. The summed E-state index contributed by atoms with van der Waals surface area (Å²) in [7, 11) is 0. The minimum absolute atomic E-state index is 0.202. The number of rotatable bonds is 6. The summed E-state index contributed by atoms with van der Waals surface area (Å²) in [6.45, 7) is 4.73. The van der Waals surface area contributed by atoms with Gasteiger partial charge in [-0.25, -0.2) is 5.43 Å². The summed E-state index contributed by atoms with van der Waals surface area (Å²) in [5, 5.41) is 4.94. The molecule has 2 atom stereocenters. The molecule has 5 nitrogen and oxygen atoms in total. The highest BCUT2D eigenvalue weighted by molar-refractivity contribution is 9.10. The first-order valence-corrected chi connectivity index (χ1v) is 7.83. The Morgan fingerprint density at radius 3 is 2.90 bits per heavy atom. The van der Waals surface area contributed by atoms with Crippen molar-refractivity contribution in [1.82, 2.24) is 15.2 Å². The minimum Gasteiger partial charge on any atom is -0.489 e. The van der Waals surface area contributed by atoms with Crippen molar-refractivity contribution < 1.29 is 4.74 Å². The summed E-state index contributed by atoms with van der Waals surface area (Å²) in [6, 6.07) is 7.09. The fourth-order valence-electron chi connectivity index (χ4n) is 2.19. The quantitative estimate of drug-likeness (QED) is 0.602. The van der Waals surface area contributed by atoms with Gasteiger partial charge in [0.1, 0.15) is 17.9 Å². The lowest BCUT2D eigenvalue weighted by Crippen LogP contribution is -2.39. The van der Waals surface area contributed by atoms with Gasteiger partial charge in [-0.2, -0.15) is 5.10 Å². The van der Waals surface area contributed by atoms with E-state index in [4.69, 9.17) is 22.2 Å². The number of nitrogens with two attached hydrogens (primary N) is 1. The number of hydrazine groups is 1. The van der Waals surface area contributed by atoms with Gasteiger partial charge < -0.3 is 4.74 Å². The van der Waals surface area contributed by atoms with Gasteiger partial charge >= 0.3 is 0 Å². The molecule has 7 heteroatoms. The van der Waals surface area contributed by atoms with Crippen LogP contribution >= 0.6 is 27.5 Å². The second-order valence-electron chi connectivity index (χ2n) is 4.62. The van der Waals surface area contributed by atoms with Crippen LogP contribution < -0.4 is 16.0 Å². The zero-order valence-corrected chi connectivity index (χ0v) is 14.2. The maximum Gasteiger partial charge on any atom is 0.121 e. The lowest BCUT2D eigenvalue weighted by Gasteiger charge is -2.25. The number of benzene rings is 1. The van der Waals surface area contributed by atoms with Crippen molar-refractivity contribution in [2.24, 2.45) is 5.84 Å². The molecule has 0 aliphatic carbocycles. The van der Waals surface area contributed by atoms with Crippen LogP contribution in [0.5, 0.6) is 5.75 Å². The highest BCUT2D eigenvalue weighted by Crippen LogP contribution is 2.28. The van der Waals surface area contributed by atoms with Crippen molar-refractivity contribution in [3.63, 3.8) is 0 Å². The van der Waals surface area contributed by atoms with Gasteiger partial charge in [0.05, 0.1) is 16.4 Å². The SMILES string of the molecule is CCn1ncc(Br)c1C(NN)C(C)Oc1cccc(Cl)c1. The minimum atomic E-state index is -0.208. The Labute approximate surface area is 137 Å². The predicted molar refractivity (Wildman–Crippen MR) is 87.2 cm³/mol. The molecule has 1 aromatic carbocycles. The summed E-state index contributed by atoms with van der Waals surface area (Å²) in [5.74, 6) is 6.43. The van der Waals surface area contributed by atoms with Crippen molar-refractivity contribution in [3.05, 3.63) is 45.7 Å². The molecular formula is C14H18BrClN4O. The standard InChI is InChI=1S/C14H18BrClN4O/c1-3-20-14(12(15)8-18-20)13(19-17)9(2)21-11-6-4-5-10(16)7-11/h4-9,13,19H,3,17H2,1-2H3. The van der Waals surface area contributed by atoms with Crippen LogP contribution in [0.4, 0.5) is 0 Å². The van der Waals surface area contributed by atoms with Gasteiger partial charge in [-0.05, 0) is 48.0 Å². The van der Waals surface area contributed by atoms with Crippen LogP contribution in [0.3, 0.4) is 0 Å². The van der Waals surface area contributed by atoms with Gasteiger partial charge in [-0.15, -0.1) is 0 Å². The van der Waals surface area contributed by atoms with Crippen LogP contribution in [0.25, 0.3) is 0 Å². The number of halogens is 2. The van der Waals surface area contributed by atoms with Gasteiger partial charge in [0.15, 0.2) is 0 Å². The van der Waals surface area contributed by atoms with Crippen LogP contribution in [-0.2, 0) is 6.54 Å². The Hall–Kier alpha value is -1.08.